The Morgan fingerprint density at radius 3 is 2.43 bits per heavy atom. The Morgan fingerprint density at radius 1 is 1.17 bits per heavy atom. The molecule has 0 fully saturated rings. The summed E-state index contributed by atoms with van der Waals surface area (Å²) < 4.78 is 5.57. The molecule has 1 unspecified atom stereocenters. The van der Waals surface area contributed by atoms with Gasteiger partial charge in [0.15, 0.2) is 6.10 Å². The van der Waals surface area contributed by atoms with Crippen LogP contribution in [0.3, 0.4) is 0 Å². The first-order valence-corrected chi connectivity index (χ1v) is 7.16. The van der Waals surface area contributed by atoms with Gasteiger partial charge >= 0.3 is 0 Å². The minimum absolute atomic E-state index is 0.0325. The lowest BCUT2D eigenvalue weighted by molar-refractivity contribution is -0.385. The molecule has 0 bridgehead atoms. The number of nitrogens with zero attached hydrogens (tertiary/aromatic N) is 1. The molecule has 0 aliphatic rings. The highest BCUT2D eigenvalue weighted by Gasteiger charge is 2.19. The summed E-state index contributed by atoms with van der Waals surface area (Å²) in [5.74, 6) is 0.225. The number of carbonyl (C=O) groups excluding carboxylic acids is 1. The van der Waals surface area contributed by atoms with Gasteiger partial charge in [0.1, 0.15) is 5.75 Å². The number of amides is 1. The molecule has 2 rings (SSSR count). The summed E-state index contributed by atoms with van der Waals surface area (Å²) in [5.41, 5.74) is 1.88. The number of benzene rings is 2. The molecule has 0 heterocycles. The Balaban J connectivity index is 2.08. The molecule has 6 nitrogen and oxygen atoms in total. The first kappa shape index (κ1) is 16.5. The number of hydrogen-bond acceptors (Lipinski definition) is 4. The van der Waals surface area contributed by atoms with Crippen LogP contribution in [0.4, 0.5) is 11.4 Å². The zero-order valence-electron chi connectivity index (χ0n) is 13.2. The fourth-order valence-corrected chi connectivity index (χ4v) is 2.07. The van der Waals surface area contributed by atoms with Crippen LogP contribution in [0.25, 0.3) is 0 Å². The summed E-state index contributed by atoms with van der Waals surface area (Å²) >= 11 is 0. The van der Waals surface area contributed by atoms with Crippen molar-refractivity contribution in [3.8, 4) is 5.75 Å². The monoisotopic (exact) mass is 314 g/mol. The maximum Gasteiger partial charge on any atom is 0.274 e. The van der Waals surface area contributed by atoms with Crippen molar-refractivity contribution in [1.82, 2.24) is 0 Å². The highest BCUT2D eigenvalue weighted by molar-refractivity contribution is 5.95. The van der Waals surface area contributed by atoms with Crippen LogP contribution in [0.5, 0.6) is 5.75 Å². The summed E-state index contributed by atoms with van der Waals surface area (Å²) in [4.78, 5) is 22.7. The van der Waals surface area contributed by atoms with Crippen LogP contribution in [-0.4, -0.2) is 16.9 Å². The van der Waals surface area contributed by atoms with Gasteiger partial charge in [0.05, 0.1) is 16.2 Å². The molecule has 0 saturated carbocycles. The Bertz CT molecular complexity index is 726. The van der Waals surface area contributed by atoms with E-state index in [1.807, 2.05) is 19.1 Å². The van der Waals surface area contributed by atoms with E-state index in [2.05, 4.69) is 5.32 Å². The van der Waals surface area contributed by atoms with E-state index < -0.39 is 11.0 Å². The van der Waals surface area contributed by atoms with Crippen molar-refractivity contribution < 1.29 is 14.5 Å². The van der Waals surface area contributed by atoms with Crippen molar-refractivity contribution in [2.75, 3.05) is 5.32 Å². The first-order chi connectivity index (χ1) is 10.9. The number of carbonyl (C=O) groups is 1. The Labute approximate surface area is 134 Å². The van der Waals surface area contributed by atoms with Crippen LogP contribution >= 0.6 is 0 Å². The number of nitrogens with one attached hydrogen (secondary N) is 1. The van der Waals surface area contributed by atoms with Gasteiger partial charge in [-0.05, 0) is 39.0 Å². The van der Waals surface area contributed by atoms with Gasteiger partial charge in [0, 0.05) is 6.07 Å². The normalized spacial score (nSPS) is 11.6. The van der Waals surface area contributed by atoms with Gasteiger partial charge in [-0.1, -0.05) is 23.8 Å². The van der Waals surface area contributed by atoms with Crippen LogP contribution < -0.4 is 10.1 Å². The van der Waals surface area contributed by atoms with E-state index in [-0.39, 0.29) is 11.6 Å². The second-order valence-electron chi connectivity index (χ2n) is 5.27. The van der Waals surface area contributed by atoms with Crippen LogP contribution in [0.15, 0.2) is 42.5 Å². The van der Waals surface area contributed by atoms with Crippen molar-refractivity contribution in [1.29, 1.82) is 0 Å². The Hall–Kier alpha value is -2.89. The second kappa shape index (κ2) is 6.91. The number of ether oxygens (including phenoxy) is 1. The van der Waals surface area contributed by atoms with Crippen LogP contribution in [0.2, 0.25) is 0 Å². The van der Waals surface area contributed by atoms with Crippen molar-refractivity contribution in [2.45, 2.75) is 26.9 Å². The van der Waals surface area contributed by atoms with Gasteiger partial charge < -0.3 is 10.1 Å². The minimum atomic E-state index is -0.726. The van der Waals surface area contributed by atoms with Crippen LogP contribution in [0, 0.1) is 24.0 Å². The van der Waals surface area contributed by atoms with Crippen molar-refractivity contribution in [3.63, 3.8) is 0 Å². The number of anilines is 1. The molecule has 2 aromatic rings. The molecular formula is C17H18N2O4. The van der Waals surface area contributed by atoms with Gasteiger partial charge in [-0.25, -0.2) is 0 Å². The van der Waals surface area contributed by atoms with Crippen molar-refractivity contribution in [3.05, 3.63) is 63.7 Å². The predicted molar refractivity (Wildman–Crippen MR) is 87.7 cm³/mol. The van der Waals surface area contributed by atoms with E-state index in [0.29, 0.717) is 17.0 Å². The van der Waals surface area contributed by atoms with Gasteiger partial charge in [-0.2, -0.15) is 0 Å². The second-order valence-corrected chi connectivity index (χ2v) is 5.27. The fourth-order valence-electron chi connectivity index (χ4n) is 2.07. The minimum Gasteiger partial charge on any atom is -0.481 e. The molecule has 1 atom stereocenters. The number of nitro groups is 1. The van der Waals surface area contributed by atoms with E-state index in [1.54, 1.807) is 32.0 Å². The highest BCUT2D eigenvalue weighted by atomic mass is 16.6. The molecule has 6 heteroatoms. The molecule has 0 aromatic heterocycles. The Morgan fingerprint density at radius 2 is 1.83 bits per heavy atom. The molecule has 0 saturated heterocycles. The Kier molecular flexibility index (Phi) is 4.95. The smallest absolute Gasteiger partial charge is 0.274 e. The molecule has 2 aromatic carbocycles. The lowest BCUT2D eigenvalue weighted by Crippen LogP contribution is -2.30. The maximum absolute atomic E-state index is 12.2. The third-order valence-corrected chi connectivity index (χ3v) is 3.46. The molecule has 0 aliphatic carbocycles. The lowest BCUT2D eigenvalue weighted by Gasteiger charge is -2.15. The fraction of sp³-hybridized carbons (Fsp3) is 0.235. The van der Waals surface area contributed by atoms with Crippen molar-refractivity contribution >= 4 is 17.3 Å². The van der Waals surface area contributed by atoms with Gasteiger partial charge in [-0.15, -0.1) is 0 Å². The van der Waals surface area contributed by atoms with E-state index in [4.69, 9.17) is 4.74 Å². The average molecular weight is 314 g/mol. The molecule has 1 amide bonds. The zero-order chi connectivity index (χ0) is 17.0. The average Bonchev–Trinajstić information content (AvgIpc) is 2.51. The van der Waals surface area contributed by atoms with E-state index in [9.17, 15) is 14.9 Å². The first-order valence-electron chi connectivity index (χ1n) is 7.16. The molecule has 23 heavy (non-hydrogen) atoms. The SMILES string of the molecule is Cc1ccc(OC(C)C(=O)Nc2cccc([N+](=O)[O-])c2C)cc1. The van der Waals surface area contributed by atoms with Gasteiger partial charge in [-0.3, -0.25) is 14.9 Å². The quantitative estimate of drug-likeness (QED) is 0.675. The highest BCUT2D eigenvalue weighted by Crippen LogP contribution is 2.25. The lowest BCUT2D eigenvalue weighted by atomic mass is 10.1. The molecule has 0 aliphatic heterocycles. The summed E-state index contributed by atoms with van der Waals surface area (Å²) in [5, 5.41) is 13.6. The molecule has 0 radical (unpaired) electrons. The third-order valence-electron chi connectivity index (χ3n) is 3.46. The molecular weight excluding hydrogens is 296 g/mol. The number of hydrogen-bond donors (Lipinski definition) is 1. The number of aryl methyl sites for hydroxylation is 1. The van der Waals surface area contributed by atoms with E-state index in [0.717, 1.165) is 5.56 Å². The van der Waals surface area contributed by atoms with Gasteiger partial charge in [0.2, 0.25) is 0 Å². The predicted octanol–water partition coefficient (Wildman–Crippen LogP) is 3.62. The zero-order valence-corrected chi connectivity index (χ0v) is 13.2. The third kappa shape index (κ3) is 4.06. The summed E-state index contributed by atoms with van der Waals surface area (Å²) in [7, 11) is 0. The van der Waals surface area contributed by atoms with Crippen LogP contribution in [-0.2, 0) is 4.79 Å². The topological polar surface area (TPSA) is 81.5 Å². The van der Waals surface area contributed by atoms with Gasteiger partial charge in [0.25, 0.3) is 11.6 Å². The van der Waals surface area contributed by atoms with Crippen molar-refractivity contribution in [2.24, 2.45) is 0 Å². The van der Waals surface area contributed by atoms with E-state index in [1.165, 1.54) is 12.1 Å². The van der Waals surface area contributed by atoms with Crippen LogP contribution in [0.1, 0.15) is 18.1 Å². The summed E-state index contributed by atoms with van der Waals surface area (Å²) in [6, 6.07) is 11.9. The maximum atomic E-state index is 12.2. The van der Waals surface area contributed by atoms with E-state index >= 15 is 0 Å². The number of rotatable bonds is 5. The summed E-state index contributed by atoms with van der Waals surface area (Å²) in [6.07, 6.45) is -0.726. The standard InChI is InChI=1S/C17H18N2O4/c1-11-7-9-14(10-8-11)23-13(3)17(20)18-15-5-4-6-16(12(15)2)19(21)22/h4-10,13H,1-3H3,(H,18,20). The molecule has 1 N–H and O–H groups in total. The largest absolute Gasteiger partial charge is 0.481 e. The molecule has 0 spiro atoms. The summed E-state index contributed by atoms with van der Waals surface area (Å²) in [6.45, 7) is 5.19. The molecule has 120 valence electrons. The number of nitro benzene ring substituents is 1.